The third-order valence-electron chi connectivity index (χ3n) is 5.93. The van der Waals surface area contributed by atoms with E-state index in [1.807, 2.05) is 13.8 Å². The zero-order valence-electron chi connectivity index (χ0n) is 18.2. The van der Waals surface area contributed by atoms with Crippen LogP contribution in [-0.2, 0) is 0 Å². The molecular formula is C24H33FN4S. The first-order valence-corrected chi connectivity index (χ1v) is 12.0. The summed E-state index contributed by atoms with van der Waals surface area (Å²) in [7, 11) is 0. The molecule has 162 valence electrons. The van der Waals surface area contributed by atoms with E-state index in [2.05, 4.69) is 63.8 Å². The van der Waals surface area contributed by atoms with Crippen molar-refractivity contribution in [2.45, 2.75) is 39.4 Å². The van der Waals surface area contributed by atoms with E-state index in [-0.39, 0.29) is 6.04 Å². The number of hydrogen-bond acceptors (Lipinski definition) is 5. The maximum atomic E-state index is 13.9. The highest BCUT2D eigenvalue weighted by atomic mass is 32.1. The molecule has 0 radical (unpaired) electrons. The molecule has 2 atom stereocenters. The van der Waals surface area contributed by atoms with E-state index >= 15 is 0 Å². The molecule has 1 aromatic carbocycles. The Morgan fingerprint density at radius 2 is 1.77 bits per heavy atom. The minimum Gasteiger partial charge on any atom is -0.373 e. The number of hydrogen-bond donors (Lipinski definition) is 2. The van der Waals surface area contributed by atoms with Crippen LogP contribution in [-0.4, -0.2) is 50.3 Å². The van der Waals surface area contributed by atoms with Crippen LogP contribution in [0.2, 0.25) is 0 Å². The summed E-state index contributed by atoms with van der Waals surface area (Å²) in [6.07, 6.45) is 2.21. The molecule has 2 saturated heterocycles. The van der Waals surface area contributed by atoms with Crippen molar-refractivity contribution in [3.05, 3.63) is 51.7 Å². The Balaban J connectivity index is 0.00000106. The number of thiophene rings is 1. The second kappa shape index (κ2) is 9.40. The molecule has 2 fully saturated rings. The number of likely N-dealkylation sites (tertiary alicyclic amines) is 1. The first-order chi connectivity index (χ1) is 14.7. The molecule has 0 amide bonds. The van der Waals surface area contributed by atoms with Crippen molar-refractivity contribution in [1.82, 2.24) is 10.2 Å². The molecular weight excluding hydrogens is 395 g/mol. The minimum absolute atomic E-state index is 0.118. The summed E-state index contributed by atoms with van der Waals surface area (Å²) in [5.74, 6) is 0. The zero-order chi connectivity index (χ0) is 21.1. The van der Waals surface area contributed by atoms with Crippen LogP contribution in [0.15, 0.2) is 36.4 Å². The van der Waals surface area contributed by atoms with Crippen LogP contribution in [0.3, 0.4) is 0 Å². The van der Waals surface area contributed by atoms with Gasteiger partial charge in [-0.1, -0.05) is 26.0 Å². The Kier molecular flexibility index (Phi) is 6.64. The van der Waals surface area contributed by atoms with Gasteiger partial charge in [0.1, 0.15) is 6.17 Å². The van der Waals surface area contributed by atoms with E-state index in [1.165, 1.54) is 32.4 Å². The number of halogens is 1. The predicted octanol–water partition coefficient (Wildman–Crippen LogP) is 5.04. The average molecular weight is 429 g/mol. The molecule has 0 bridgehead atoms. The van der Waals surface area contributed by atoms with Gasteiger partial charge in [-0.05, 0) is 43.2 Å². The van der Waals surface area contributed by atoms with Gasteiger partial charge in [0, 0.05) is 49.8 Å². The standard InChI is InChI=1S/C22H27FN4S.C2H6/c1-15-12-20-22(28-15)21(27-9-6-17(23)14-27)13-19(25-20)16-2-4-18(5-3-16)26-10-7-24-8-11-26;1-2/h2-5,12-13,17,19,24-25H,6-11,14H2,1H3;1-2H3. The van der Waals surface area contributed by atoms with Crippen molar-refractivity contribution in [3.8, 4) is 0 Å². The normalized spacial score (nSPS) is 23.3. The fraction of sp³-hybridized carbons (Fsp3) is 0.500. The Morgan fingerprint density at radius 1 is 1.03 bits per heavy atom. The van der Waals surface area contributed by atoms with Gasteiger partial charge in [-0.15, -0.1) is 11.3 Å². The molecule has 0 aliphatic carbocycles. The molecule has 4 nitrogen and oxygen atoms in total. The predicted molar refractivity (Wildman–Crippen MR) is 127 cm³/mol. The van der Waals surface area contributed by atoms with Crippen LogP contribution in [0, 0.1) is 6.92 Å². The van der Waals surface area contributed by atoms with Gasteiger partial charge in [0.25, 0.3) is 0 Å². The lowest BCUT2D eigenvalue weighted by atomic mass is 10.0. The topological polar surface area (TPSA) is 30.5 Å². The van der Waals surface area contributed by atoms with Crippen LogP contribution >= 0.6 is 11.3 Å². The van der Waals surface area contributed by atoms with Crippen LogP contribution in [0.4, 0.5) is 15.8 Å². The lowest BCUT2D eigenvalue weighted by Gasteiger charge is -2.31. The van der Waals surface area contributed by atoms with Crippen molar-refractivity contribution in [2.24, 2.45) is 0 Å². The van der Waals surface area contributed by atoms with Crippen LogP contribution in [0.1, 0.15) is 41.6 Å². The van der Waals surface area contributed by atoms with Crippen molar-refractivity contribution >= 4 is 28.4 Å². The Hall–Kier alpha value is -2.05. The Morgan fingerprint density at radius 3 is 2.43 bits per heavy atom. The maximum absolute atomic E-state index is 13.9. The Bertz CT molecular complexity index is 870. The molecule has 2 N–H and O–H groups in total. The third kappa shape index (κ3) is 4.35. The summed E-state index contributed by atoms with van der Waals surface area (Å²) >= 11 is 1.80. The molecule has 2 unspecified atom stereocenters. The molecule has 2 aromatic rings. The second-order valence-corrected chi connectivity index (χ2v) is 9.19. The molecule has 3 aliphatic rings. The fourth-order valence-electron chi connectivity index (χ4n) is 4.43. The summed E-state index contributed by atoms with van der Waals surface area (Å²) in [5, 5.41) is 7.09. The van der Waals surface area contributed by atoms with Gasteiger partial charge in [0.2, 0.25) is 0 Å². The quantitative estimate of drug-likeness (QED) is 0.717. The molecule has 30 heavy (non-hydrogen) atoms. The zero-order valence-corrected chi connectivity index (χ0v) is 19.1. The number of alkyl halides is 1. The first kappa shape index (κ1) is 21.2. The average Bonchev–Trinajstić information content (AvgIpc) is 3.39. The van der Waals surface area contributed by atoms with Gasteiger partial charge < -0.3 is 20.4 Å². The van der Waals surface area contributed by atoms with Gasteiger partial charge in [-0.2, -0.15) is 0 Å². The second-order valence-electron chi connectivity index (χ2n) is 7.93. The van der Waals surface area contributed by atoms with Gasteiger partial charge in [-0.25, -0.2) is 4.39 Å². The number of aryl methyl sites for hydroxylation is 1. The highest BCUT2D eigenvalue weighted by Gasteiger charge is 2.30. The van der Waals surface area contributed by atoms with Gasteiger partial charge >= 0.3 is 0 Å². The summed E-state index contributed by atoms with van der Waals surface area (Å²) in [6.45, 7) is 11.7. The minimum atomic E-state index is -0.711. The van der Waals surface area contributed by atoms with E-state index < -0.39 is 6.17 Å². The van der Waals surface area contributed by atoms with E-state index in [0.29, 0.717) is 13.0 Å². The van der Waals surface area contributed by atoms with E-state index in [4.69, 9.17) is 0 Å². The number of benzene rings is 1. The van der Waals surface area contributed by atoms with Crippen LogP contribution < -0.4 is 15.5 Å². The van der Waals surface area contributed by atoms with E-state index in [0.717, 1.165) is 32.7 Å². The highest BCUT2D eigenvalue weighted by molar-refractivity contribution is 7.13. The summed E-state index contributed by atoms with van der Waals surface area (Å²) in [5.41, 5.74) is 4.92. The van der Waals surface area contributed by atoms with E-state index in [1.54, 1.807) is 11.3 Å². The SMILES string of the molecule is CC.Cc1cc2c(s1)C(N1CCC(F)C1)=CC(c1ccc(N3CCNCC3)cc1)N2. The third-order valence-corrected chi connectivity index (χ3v) is 7.00. The summed E-state index contributed by atoms with van der Waals surface area (Å²) in [4.78, 5) is 7.19. The maximum Gasteiger partial charge on any atom is 0.119 e. The lowest BCUT2D eigenvalue weighted by Crippen LogP contribution is -2.43. The molecule has 3 aliphatic heterocycles. The molecule has 5 rings (SSSR count). The van der Waals surface area contributed by atoms with Crippen LogP contribution in [0.25, 0.3) is 5.70 Å². The highest BCUT2D eigenvalue weighted by Crippen LogP contribution is 2.43. The Labute approximate surface area is 183 Å². The van der Waals surface area contributed by atoms with Crippen molar-refractivity contribution < 1.29 is 4.39 Å². The molecule has 0 spiro atoms. The van der Waals surface area contributed by atoms with Crippen molar-refractivity contribution in [2.75, 3.05) is 49.5 Å². The van der Waals surface area contributed by atoms with Gasteiger partial charge in [-0.3, -0.25) is 0 Å². The number of nitrogens with zero attached hydrogens (tertiary/aromatic N) is 2. The number of anilines is 2. The van der Waals surface area contributed by atoms with Crippen molar-refractivity contribution in [3.63, 3.8) is 0 Å². The smallest absolute Gasteiger partial charge is 0.119 e. The molecule has 0 saturated carbocycles. The summed E-state index contributed by atoms with van der Waals surface area (Å²) in [6, 6.07) is 11.3. The molecule has 4 heterocycles. The summed E-state index contributed by atoms with van der Waals surface area (Å²) < 4.78 is 13.9. The number of rotatable bonds is 3. The lowest BCUT2D eigenvalue weighted by molar-refractivity contribution is 0.338. The van der Waals surface area contributed by atoms with Crippen molar-refractivity contribution in [1.29, 1.82) is 0 Å². The van der Waals surface area contributed by atoms with Crippen LogP contribution in [0.5, 0.6) is 0 Å². The van der Waals surface area contributed by atoms with Gasteiger partial charge in [0.05, 0.1) is 22.3 Å². The number of nitrogens with one attached hydrogen (secondary N) is 2. The van der Waals surface area contributed by atoms with Gasteiger partial charge in [0.15, 0.2) is 0 Å². The largest absolute Gasteiger partial charge is 0.373 e. The first-order valence-electron chi connectivity index (χ1n) is 11.2. The fourth-order valence-corrected chi connectivity index (χ4v) is 5.46. The molecule has 1 aromatic heterocycles. The monoisotopic (exact) mass is 428 g/mol. The van der Waals surface area contributed by atoms with E-state index in [9.17, 15) is 4.39 Å². The number of piperazine rings is 1. The molecule has 6 heteroatoms. The number of fused-ring (bicyclic) bond motifs is 1.